The van der Waals surface area contributed by atoms with E-state index in [0.717, 1.165) is 104 Å². The van der Waals surface area contributed by atoms with Crippen LogP contribution in [-0.2, 0) is 35.6 Å². The number of alkyl halides is 3. The zero-order chi connectivity index (χ0) is 61.2. The van der Waals surface area contributed by atoms with Crippen molar-refractivity contribution in [1.82, 2.24) is 34.3 Å². The molecule has 1 aliphatic carbocycles. The van der Waals surface area contributed by atoms with Crippen molar-refractivity contribution in [2.75, 3.05) is 125 Å². The lowest BCUT2D eigenvalue weighted by atomic mass is 9.91. The summed E-state index contributed by atoms with van der Waals surface area (Å²) in [4.78, 5) is 41.7. The van der Waals surface area contributed by atoms with Crippen LogP contribution in [0.1, 0.15) is 68.0 Å². The van der Waals surface area contributed by atoms with E-state index in [9.17, 15) is 26.4 Å². The monoisotopic (exact) mass is 1220 g/mol. The Morgan fingerprint density at radius 2 is 1.40 bits per heavy atom. The van der Waals surface area contributed by atoms with Gasteiger partial charge in [-0.1, -0.05) is 110 Å². The van der Waals surface area contributed by atoms with Crippen LogP contribution in [0.25, 0.3) is 44.1 Å². The summed E-state index contributed by atoms with van der Waals surface area (Å²) in [5, 5.41) is 8.41. The normalized spacial score (nSPS) is 17.2. The molecule has 8 aromatic rings. The summed E-state index contributed by atoms with van der Waals surface area (Å²) in [5.41, 5.74) is 7.59. The summed E-state index contributed by atoms with van der Waals surface area (Å²) in [5.74, 6) is 0.496. The molecule has 88 heavy (non-hydrogen) atoms. The molecule has 3 aromatic heterocycles. The Kier molecular flexibility index (Phi) is 19.7. The van der Waals surface area contributed by atoms with Gasteiger partial charge in [0, 0.05) is 142 Å². The molecule has 2 saturated heterocycles. The summed E-state index contributed by atoms with van der Waals surface area (Å²) < 4.78 is 89.4. The van der Waals surface area contributed by atoms with Gasteiger partial charge in [0.25, 0.3) is 10.0 Å². The minimum Gasteiger partial charge on any atom is -0.467 e. The van der Waals surface area contributed by atoms with Crippen molar-refractivity contribution in [2.24, 2.45) is 0 Å². The molecule has 2 atom stereocenters. The van der Waals surface area contributed by atoms with Crippen LogP contribution in [0.15, 0.2) is 139 Å². The fraction of sp³-hybridized carbons (Fsp3) is 0.409. The first-order valence-electron chi connectivity index (χ1n) is 30.4. The molecule has 5 aromatic carbocycles. The fourth-order valence-electron chi connectivity index (χ4n) is 12.5. The van der Waals surface area contributed by atoms with Gasteiger partial charge in [0.2, 0.25) is 11.9 Å². The number of nitrogens with zero attached hydrogens (tertiary/aromatic N) is 9. The summed E-state index contributed by atoms with van der Waals surface area (Å²) in [6.07, 6.45) is 6.64. The summed E-state index contributed by atoms with van der Waals surface area (Å²) >= 11 is 0. The van der Waals surface area contributed by atoms with Crippen LogP contribution in [0.5, 0.6) is 0 Å². The second-order valence-corrected chi connectivity index (χ2v) is 24.7. The van der Waals surface area contributed by atoms with Crippen molar-refractivity contribution < 1.29 is 40.6 Å². The van der Waals surface area contributed by atoms with Gasteiger partial charge in [-0.2, -0.15) is 23.1 Å². The molecule has 0 radical (unpaired) electrons. The molecular formula is C66H77F3N12O6S. The Morgan fingerprint density at radius 1 is 0.693 bits per heavy atom. The van der Waals surface area contributed by atoms with E-state index < -0.39 is 28.7 Å². The summed E-state index contributed by atoms with van der Waals surface area (Å²) in [7, 11) is 1.20. The lowest BCUT2D eigenvalue weighted by Crippen LogP contribution is -2.46. The Hall–Kier alpha value is -7.89. The molecule has 3 aliphatic rings. The number of sulfonamides is 1. The number of carbonyl (C=O) groups excluding carboxylic acids is 1. The van der Waals surface area contributed by atoms with Crippen LogP contribution in [0.4, 0.5) is 42.3 Å². The predicted octanol–water partition coefficient (Wildman–Crippen LogP) is 11.2. The summed E-state index contributed by atoms with van der Waals surface area (Å²) in [6, 6.07) is 36.2. The number of benzene rings is 5. The lowest BCUT2D eigenvalue weighted by Gasteiger charge is -2.34. The van der Waals surface area contributed by atoms with Gasteiger partial charge in [-0.05, 0) is 65.8 Å². The lowest BCUT2D eigenvalue weighted by molar-refractivity contribution is -0.142. The van der Waals surface area contributed by atoms with Crippen LogP contribution >= 0.6 is 0 Å². The Morgan fingerprint density at radius 3 is 2.16 bits per heavy atom. The van der Waals surface area contributed by atoms with Crippen LogP contribution in [-0.4, -0.2) is 161 Å². The molecule has 2 aliphatic heterocycles. The molecule has 0 bridgehead atoms. The average molecular weight is 1220 g/mol. The number of fused-ring (bicyclic) bond motifs is 2. The van der Waals surface area contributed by atoms with Crippen molar-refractivity contribution in [2.45, 2.75) is 80.6 Å². The highest BCUT2D eigenvalue weighted by Crippen LogP contribution is 2.42. The molecule has 3 N–H and O–H groups in total. The van der Waals surface area contributed by atoms with Gasteiger partial charge in [-0.25, -0.2) is 23.2 Å². The Balaban J connectivity index is 0.659. The van der Waals surface area contributed by atoms with Crippen molar-refractivity contribution in [3.63, 3.8) is 0 Å². The van der Waals surface area contributed by atoms with E-state index in [0.29, 0.717) is 79.9 Å². The maximum Gasteiger partial charge on any atom is 0.390 e. The first-order valence-corrected chi connectivity index (χ1v) is 31.9. The van der Waals surface area contributed by atoms with Crippen molar-refractivity contribution in [3.05, 3.63) is 145 Å². The smallest absolute Gasteiger partial charge is 0.390 e. The van der Waals surface area contributed by atoms with E-state index in [2.05, 4.69) is 65.2 Å². The van der Waals surface area contributed by atoms with Crippen molar-refractivity contribution in [3.8, 4) is 22.3 Å². The van der Waals surface area contributed by atoms with E-state index in [1.54, 1.807) is 42.7 Å². The maximum atomic E-state index is 14.2. The molecule has 5 heterocycles. The number of hydrogen-bond acceptors (Lipinski definition) is 16. The van der Waals surface area contributed by atoms with Crippen LogP contribution in [0.3, 0.4) is 0 Å². The number of carbonyl (C=O) groups is 1. The van der Waals surface area contributed by atoms with Gasteiger partial charge in [0.1, 0.15) is 17.5 Å². The first kappa shape index (κ1) is 61.7. The third kappa shape index (κ3) is 14.8. The molecular weight excluding hydrogens is 1150 g/mol. The van der Waals surface area contributed by atoms with Gasteiger partial charge in [0.15, 0.2) is 0 Å². The van der Waals surface area contributed by atoms with Gasteiger partial charge in [0.05, 0.1) is 44.9 Å². The van der Waals surface area contributed by atoms with E-state index >= 15 is 0 Å². The largest absolute Gasteiger partial charge is 0.467 e. The van der Waals surface area contributed by atoms with E-state index in [4.69, 9.17) is 29.2 Å². The maximum absolute atomic E-state index is 14.2. The fourth-order valence-corrected chi connectivity index (χ4v) is 13.8. The molecule has 0 spiro atoms. The highest BCUT2D eigenvalue weighted by molar-refractivity contribution is 7.93. The zero-order valence-corrected chi connectivity index (χ0v) is 50.9. The van der Waals surface area contributed by atoms with Crippen LogP contribution in [0.2, 0.25) is 0 Å². The molecule has 11 rings (SSSR count). The minimum atomic E-state index is -4.25. The molecule has 464 valence electrons. The van der Waals surface area contributed by atoms with Crippen LogP contribution in [0, 0.1) is 0 Å². The highest BCUT2D eigenvalue weighted by Gasteiger charge is 2.43. The standard InChI is InChI=1S/C66H77F3N12O6S/c1-77(2)58-21-11-20-54-53(58)19-12-22-59(54)88(83,84)76-50-16-10-15-49(41-50)55-42-72-65(74-61(55)80-31-27-52(60(80)63(82)85-3)47-13-6-4-7-14-47)71-30-37-86-39-40-87-38-36-78-32-34-79(35-33-78)44-46-23-25-48(26-24-46)57-45-81(51-17-8-5-9-18-51)62-56(57)43-73-64(75-62)70-29-28-66(67,68)69/h4,6-7,10-16,19-26,41-43,45,51-52,60,76H,5,8-9,17-18,27-40,44H2,1-3H3,(H,70,73,75)(H,71,72,74). The molecule has 0 amide bonds. The van der Waals surface area contributed by atoms with Gasteiger partial charge >= 0.3 is 12.1 Å². The number of hydrogen-bond donors (Lipinski definition) is 3. The van der Waals surface area contributed by atoms with E-state index in [1.807, 2.05) is 84.6 Å². The van der Waals surface area contributed by atoms with Crippen molar-refractivity contribution in [1.29, 1.82) is 0 Å². The quantitative estimate of drug-likeness (QED) is 0.0362. The number of esters is 1. The highest BCUT2D eigenvalue weighted by atomic mass is 32.2. The van der Waals surface area contributed by atoms with Crippen LogP contribution < -0.4 is 25.2 Å². The minimum absolute atomic E-state index is 0.160. The molecule has 2 unspecified atom stereocenters. The van der Waals surface area contributed by atoms with Gasteiger partial charge < -0.3 is 39.2 Å². The average Bonchev–Trinajstić information content (AvgIpc) is 1.71. The first-order chi connectivity index (χ1) is 42.7. The summed E-state index contributed by atoms with van der Waals surface area (Å²) in [6.45, 7) is 7.88. The molecule has 3 fully saturated rings. The number of nitrogens with one attached hydrogen (secondary N) is 3. The topological polar surface area (TPSA) is 184 Å². The Labute approximate surface area is 512 Å². The number of piperazine rings is 1. The van der Waals surface area contributed by atoms with E-state index in [-0.39, 0.29) is 35.3 Å². The molecule has 1 saturated carbocycles. The second kappa shape index (κ2) is 28.1. The number of aromatic nitrogens is 5. The number of rotatable bonds is 25. The number of ether oxygens (including phenoxy) is 3. The molecule has 22 heteroatoms. The van der Waals surface area contributed by atoms with E-state index in [1.165, 1.54) is 19.1 Å². The third-order valence-electron chi connectivity index (χ3n) is 17.0. The number of methoxy groups -OCH3 is 1. The predicted molar refractivity (Wildman–Crippen MR) is 340 cm³/mol. The molecule has 18 nitrogen and oxygen atoms in total. The van der Waals surface area contributed by atoms with Gasteiger partial charge in [-0.15, -0.1) is 0 Å². The Bertz CT molecular complexity index is 3770. The number of anilines is 5. The SMILES string of the molecule is COC(=O)C1C(c2ccccc2)CCN1c1nc(NCCOCCOCCN2CCN(Cc3ccc(-c4cn(C5CCCCC5)c5nc(NCCC(F)(F)F)ncc45)cc3)CC2)ncc1-c1cccc(NS(=O)(=O)c2cccc3c(N(C)C)cccc23)c1. The van der Waals surface area contributed by atoms with Gasteiger partial charge in [-0.3, -0.25) is 14.5 Å². The number of halogens is 3. The third-order valence-corrected chi connectivity index (χ3v) is 18.4. The van der Waals surface area contributed by atoms with Crippen molar-refractivity contribution >= 4 is 66.9 Å². The second-order valence-electron chi connectivity index (χ2n) is 23.0. The zero-order valence-electron chi connectivity index (χ0n) is 50.1.